The van der Waals surface area contributed by atoms with Crippen molar-refractivity contribution in [3.8, 4) is 5.75 Å². The van der Waals surface area contributed by atoms with Gasteiger partial charge in [-0.1, -0.05) is 6.07 Å². The first-order valence-corrected chi connectivity index (χ1v) is 6.92. The normalized spacial score (nSPS) is 18.1. The second-order valence-electron chi connectivity index (χ2n) is 4.96. The van der Waals surface area contributed by atoms with E-state index in [-0.39, 0.29) is 0 Å². The average Bonchev–Trinajstić information content (AvgIpc) is 2.53. The smallest absolute Gasteiger partial charge is 0.188 e. The van der Waals surface area contributed by atoms with Gasteiger partial charge in [0.05, 0.1) is 0 Å². The Labute approximate surface area is 118 Å². The number of anilines is 1. The molecule has 2 aliphatic rings. The Bertz CT molecular complexity index is 508. The van der Waals surface area contributed by atoms with Crippen molar-refractivity contribution in [3.05, 3.63) is 30.0 Å². The fraction of sp³-hybridized carbons (Fsp3) is 0.400. The van der Waals surface area contributed by atoms with Crippen LogP contribution in [0.3, 0.4) is 0 Å². The van der Waals surface area contributed by atoms with Gasteiger partial charge in [0.15, 0.2) is 5.75 Å². The van der Waals surface area contributed by atoms with Gasteiger partial charge in [0.2, 0.25) is 0 Å². The molecule has 3 rings (SSSR count). The number of benzene rings is 1. The maximum Gasteiger partial charge on any atom is 0.188 e. The molecule has 1 aromatic rings. The number of hydrogen-bond donors (Lipinski definition) is 0. The first-order chi connectivity index (χ1) is 9.88. The topological polar surface area (TPSA) is 42.0 Å². The summed E-state index contributed by atoms with van der Waals surface area (Å²) >= 11 is 0. The molecule has 1 saturated heterocycles. The summed E-state index contributed by atoms with van der Waals surface area (Å²) in [5.74, 6) is 0.758. The van der Waals surface area contributed by atoms with Crippen molar-refractivity contribution >= 4 is 18.0 Å². The number of rotatable bonds is 4. The monoisotopic (exact) mass is 274 g/mol. The van der Waals surface area contributed by atoms with Gasteiger partial charge in [0, 0.05) is 50.4 Å². The fourth-order valence-electron chi connectivity index (χ4n) is 2.67. The van der Waals surface area contributed by atoms with Gasteiger partial charge < -0.3 is 9.69 Å². The number of piperazine rings is 1. The molecule has 0 radical (unpaired) electrons. The quantitative estimate of drug-likeness (QED) is 0.617. The molecule has 20 heavy (non-hydrogen) atoms. The largest absolute Gasteiger partial charge is 0.368 e. The summed E-state index contributed by atoms with van der Waals surface area (Å²) in [6.07, 6.45) is 5.11. The van der Waals surface area contributed by atoms with Crippen LogP contribution >= 0.6 is 0 Å². The average molecular weight is 274 g/mol. The Morgan fingerprint density at radius 3 is 2.85 bits per heavy atom. The van der Waals surface area contributed by atoms with Crippen LogP contribution in [0.1, 0.15) is 12.0 Å². The van der Waals surface area contributed by atoms with Crippen molar-refractivity contribution < 1.29 is 14.6 Å². The van der Waals surface area contributed by atoms with Crippen LogP contribution in [0.5, 0.6) is 5.75 Å². The predicted octanol–water partition coefficient (Wildman–Crippen LogP) is 1.69. The molecule has 2 aliphatic heterocycles. The number of aldehydes is 1. The Morgan fingerprint density at radius 1 is 1.20 bits per heavy atom. The number of nitrogens with zero attached hydrogens (tertiary/aromatic N) is 2. The number of fused-ring (bicyclic) bond motifs is 1. The van der Waals surface area contributed by atoms with Crippen LogP contribution in [0, 0.1) is 0 Å². The molecule has 0 atom stereocenters. The highest BCUT2D eigenvalue weighted by Crippen LogP contribution is 2.33. The minimum Gasteiger partial charge on any atom is -0.368 e. The van der Waals surface area contributed by atoms with Crippen molar-refractivity contribution in [3.63, 3.8) is 0 Å². The summed E-state index contributed by atoms with van der Waals surface area (Å²) in [5.41, 5.74) is 2.25. The molecule has 0 spiro atoms. The van der Waals surface area contributed by atoms with Crippen molar-refractivity contribution in [1.82, 2.24) is 4.90 Å². The van der Waals surface area contributed by atoms with E-state index in [1.807, 2.05) is 18.2 Å². The van der Waals surface area contributed by atoms with Gasteiger partial charge in [-0.05, 0) is 18.2 Å². The third kappa shape index (κ3) is 2.63. The number of carbonyl (C=O) groups is 1. The van der Waals surface area contributed by atoms with E-state index in [0.29, 0.717) is 6.42 Å². The van der Waals surface area contributed by atoms with Gasteiger partial charge >= 0.3 is 0 Å². The molecule has 0 saturated carbocycles. The lowest BCUT2D eigenvalue weighted by Gasteiger charge is -2.36. The second kappa shape index (κ2) is 5.96. The summed E-state index contributed by atoms with van der Waals surface area (Å²) in [6, 6.07) is 6.00. The minimum absolute atomic E-state index is 0.620. The maximum atomic E-state index is 10.4. The summed E-state index contributed by atoms with van der Waals surface area (Å²) in [5, 5.41) is 0. The van der Waals surface area contributed by atoms with Crippen molar-refractivity contribution in [2.75, 3.05) is 37.6 Å². The predicted molar refractivity (Wildman–Crippen MR) is 76.5 cm³/mol. The second-order valence-corrected chi connectivity index (χ2v) is 4.96. The van der Waals surface area contributed by atoms with E-state index in [9.17, 15) is 4.79 Å². The molecular weight excluding hydrogens is 256 g/mol. The maximum absolute atomic E-state index is 10.4. The van der Waals surface area contributed by atoms with E-state index in [0.717, 1.165) is 50.3 Å². The molecule has 0 aromatic heterocycles. The molecular formula is C15H18N2O3. The van der Waals surface area contributed by atoms with Crippen LogP contribution in [0.4, 0.5) is 5.69 Å². The molecule has 0 unspecified atom stereocenters. The molecule has 106 valence electrons. The number of carbonyl (C=O) groups excluding carboxylic acids is 1. The summed E-state index contributed by atoms with van der Waals surface area (Å²) < 4.78 is 0. The summed E-state index contributed by atoms with van der Waals surface area (Å²) in [7, 11) is 0. The first kappa shape index (κ1) is 13.0. The van der Waals surface area contributed by atoms with E-state index < -0.39 is 0 Å². The minimum atomic E-state index is 0.620. The van der Waals surface area contributed by atoms with Crippen LogP contribution in [-0.2, 0) is 9.68 Å². The summed E-state index contributed by atoms with van der Waals surface area (Å²) in [4.78, 5) is 25.1. The van der Waals surface area contributed by atoms with Crippen molar-refractivity contribution in [2.24, 2.45) is 0 Å². The molecule has 5 nitrogen and oxygen atoms in total. The molecule has 1 aromatic carbocycles. The molecule has 0 aliphatic carbocycles. The highest BCUT2D eigenvalue weighted by atomic mass is 17.2. The Hall–Kier alpha value is -2.01. The third-order valence-electron chi connectivity index (χ3n) is 3.75. The molecule has 0 amide bonds. The van der Waals surface area contributed by atoms with Crippen LogP contribution in [0.25, 0.3) is 6.08 Å². The zero-order chi connectivity index (χ0) is 13.8. The van der Waals surface area contributed by atoms with E-state index in [1.54, 1.807) is 6.26 Å². The van der Waals surface area contributed by atoms with Gasteiger partial charge in [-0.2, -0.15) is 0 Å². The van der Waals surface area contributed by atoms with Crippen molar-refractivity contribution in [2.45, 2.75) is 6.42 Å². The zero-order valence-electron chi connectivity index (χ0n) is 11.3. The van der Waals surface area contributed by atoms with Gasteiger partial charge in [-0.3, -0.25) is 14.7 Å². The van der Waals surface area contributed by atoms with Crippen LogP contribution in [0.15, 0.2) is 24.5 Å². The summed E-state index contributed by atoms with van der Waals surface area (Å²) in [6.45, 7) is 4.76. The molecule has 5 heteroatoms. The van der Waals surface area contributed by atoms with E-state index >= 15 is 0 Å². The highest BCUT2D eigenvalue weighted by Gasteiger charge is 2.21. The van der Waals surface area contributed by atoms with E-state index in [1.165, 1.54) is 5.69 Å². The highest BCUT2D eigenvalue weighted by molar-refractivity contribution is 5.73. The molecule has 1 fully saturated rings. The van der Waals surface area contributed by atoms with Gasteiger partial charge in [-0.25, -0.2) is 0 Å². The standard InChI is InChI=1S/C15H18N2O3/c18-11-2-6-16-7-9-17(10-8-16)14-3-1-4-15-13(14)5-12-19-20-15/h1,3-5,11-12H,2,6-10H2. The Kier molecular flexibility index (Phi) is 3.87. The van der Waals surface area contributed by atoms with Gasteiger partial charge in [-0.15, -0.1) is 0 Å². The first-order valence-electron chi connectivity index (χ1n) is 6.92. The van der Waals surface area contributed by atoms with Gasteiger partial charge in [0.1, 0.15) is 12.5 Å². The van der Waals surface area contributed by atoms with E-state index in [4.69, 9.17) is 9.78 Å². The zero-order valence-corrected chi connectivity index (χ0v) is 11.3. The SMILES string of the molecule is O=CCCN1CCN(c2cccc3c2C=COO3)CC1. The third-order valence-corrected chi connectivity index (χ3v) is 3.75. The van der Waals surface area contributed by atoms with Crippen LogP contribution < -0.4 is 9.79 Å². The molecule has 0 N–H and O–H groups in total. The van der Waals surface area contributed by atoms with Crippen molar-refractivity contribution in [1.29, 1.82) is 0 Å². The Morgan fingerprint density at radius 2 is 2.05 bits per heavy atom. The molecule has 0 bridgehead atoms. The van der Waals surface area contributed by atoms with Gasteiger partial charge in [0.25, 0.3) is 0 Å². The van der Waals surface area contributed by atoms with E-state index in [2.05, 4.69) is 15.9 Å². The lowest BCUT2D eigenvalue weighted by atomic mass is 10.1. The number of hydrogen-bond acceptors (Lipinski definition) is 5. The Balaban J connectivity index is 1.70. The lowest BCUT2D eigenvalue weighted by Crippen LogP contribution is -2.46. The lowest BCUT2D eigenvalue weighted by molar-refractivity contribution is -0.151. The van der Waals surface area contributed by atoms with Crippen LogP contribution in [0.2, 0.25) is 0 Å². The molecule has 2 heterocycles. The van der Waals surface area contributed by atoms with Crippen LogP contribution in [-0.4, -0.2) is 43.9 Å². The fourth-order valence-corrected chi connectivity index (χ4v) is 2.67.